The van der Waals surface area contributed by atoms with Crippen molar-refractivity contribution in [1.82, 2.24) is 5.32 Å². The van der Waals surface area contributed by atoms with Gasteiger partial charge in [-0.2, -0.15) is 0 Å². The molecule has 0 aromatic rings. The number of halogens is 1. The van der Waals surface area contributed by atoms with Crippen molar-refractivity contribution < 1.29 is 19.1 Å². The normalized spacial score (nSPS) is 28.3. The molecule has 1 N–H and O–H groups in total. The van der Waals surface area contributed by atoms with Crippen LogP contribution in [0.1, 0.15) is 52.9 Å². The summed E-state index contributed by atoms with van der Waals surface area (Å²) in [7, 11) is 0. The first-order valence-electron chi connectivity index (χ1n) is 8.04. The molecule has 0 saturated heterocycles. The molecular weight excluding hydrogens is 350 g/mol. The Morgan fingerprint density at radius 3 is 2.50 bits per heavy atom. The summed E-state index contributed by atoms with van der Waals surface area (Å²) in [4.78, 5) is 24.2. The van der Waals surface area contributed by atoms with Crippen LogP contribution in [0.5, 0.6) is 0 Å². The fourth-order valence-corrected chi connectivity index (χ4v) is 3.83. The average Bonchev–Trinajstić information content (AvgIpc) is 2.98. The minimum atomic E-state index is -0.659. The van der Waals surface area contributed by atoms with E-state index in [-0.39, 0.29) is 12.1 Å². The van der Waals surface area contributed by atoms with Crippen molar-refractivity contribution in [2.45, 2.75) is 70.6 Å². The van der Waals surface area contributed by atoms with Gasteiger partial charge in [0.25, 0.3) is 0 Å². The lowest BCUT2D eigenvalue weighted by atomic mass is 9.98. The van der Waals surface area contributed by atoms with Crippen LogP contribution in [0.3, 0.4) is 0 Å². The van der Waals surface area contributed by atoms with Gasteiger partial charge in [0.15, 0.2) is 0 Å². The zero-order valence-corrected chi connectivity index (χ0v) is 15.1. The molecule has 2 aliphatic rings. The van der Waals surface area contributed by atoms with E-state index in [1.54, 1.807) is 20.8 Å². The second-order valence-corrected chi connectivity index (χ2v) is 8.12. The van der Waals surface area contributed by atoms with E-state index >= 15 is 0 Å². The van der Waals surface area contributed by atoms with E-state index in [4.69, 9.17) is 9.47 Å². The van der Waals surface area contributed by atoms with Crippen molar-refractivity contribution in [3.8, 4) is 0 Å². The largest absolute Gasteiger partial charge is 0.461 e. The van der Waals surface area contributed by atoms with Crippen molar-refractivity contribution in [3.05, 3.63) is 0 Å². The first kappa shape index (κ1) is 17.6. The standard InChI is InChI=1S/C16H26BrNO4/c1-16(2,3)22-15(20)18-12(6-7-17)14(19)21-13-9-10-4-5-11(13)8-10/h10-13H,4-9H2,1-3H3,(H,18,20)/t10-,11+,12+,13?/m1/s1. The number of rotatable bonds is 5. The smallest absolute Gasteiger partial charge is 0.408 e. The Balaban J connectivity index is 1.86. The summed E-state index contributed by atoms with van der Waals surface area (Å²) in [5.74, 6) is 0.888. The third kappa shape index (κ3) is 4.86. The number of amides is 1. The highest BCUT2D eigenvalue weighted by atomic mass is 79.9. The Bertz CT molecular complexity index is 421. The Labute approximate surface area is 140 Å². The van der Waals surface area contributed by atoms with E-state index in [2.05, 4.69) is 21.2 Å². The number of carbonyl (C=O) groups is 2. The minimum Gasteiger partial charge on any atom is -0.461 e. The van der Waals surface area contributed by atoms with Crippen molar-refractivity contribution in [3.63, 3.8) is 0 Å². The Hall–Kier alpha value is -0.780. The number of hydrogen-bond acceptors (Lipinski definition) is 4. The predicted molar refractivity (Wildman–Crippen MR) is 86.9 cm³/mol. The van der Waals surface area contributed by atoms with Gasteiger partial charge in [0.1, 0.15) is 17.7 Å². The SMILES string of the molecule is CC(C)(C)OC(=O)N[C@@H](CCBr)C(=O)OC1C[C@@H]2CC[C@H]1C2. The van der Waals surface area contributed by atoms with Gasteiger partial charge in [0.2, 0.25) is 0 Å². The van der Waals surface area contributed by atoms with Gasteiger partial charge < -0.3 is 14.8 Å². The van der Waals surface area contributed by atoms with Crippen LogP contribution in [0.4, 0.5) is 4.79 Å². The molecule has 22 heavy (non-hydrogen) atoms. The summed E-state index contributed by atoms with van der Waals surface area (Å²) in [6.07, 6.45) is 4.52. The van der Waals surface area contributed by atoms with Crippen LogP contribution in [-0.2, 0) is 14.3 Å². The van der Waals surface area contributed by atoms with Gasteiger partial charge in [-0.15, -0.1) is 0 Å². The number of ether oxygens (including phenoxy) is 2. The van der Waals surface area contributed by atoms with E-state index in [0.717, 1.165) is 18.8 Å². The highest BCUT2D eigenvalue weighted by Gasteiger charge is 2.42. The maximum absolute atomic E-state index is 12.4. The predicted octanol–water partition coefficient (Wildman–Crippen LogP) is 3.40. The number of esters is 1. The number of hydrogen-bond donors (Lipinski definition) is 1. The minimum absolute atomic E-state index is 0.0320. The number of carbonyl (C=O) groups excluding carboxylic acids is 2. The molecular formula is C16H26BrNO4. The third-order valence-electron chi connectivity index (χ3n) is 4.31. The van der Waals surface area contributed by atoms with Gasteiger partial charge in [-0.1, -0.05) is 15.9 Å². The van der Waals surface area contributed by atoms with E-state index in [0.29, 0.717) is 17.7 Å². The second-order valence-electron chi connectivity index (χ2n) is 7.33. The van der Waals surface area contributed by atoms with Crippen LogP contribution in [-0.4, -0.2) is 35.1 Å². The lowest BCUT2D eigenvalue weighted by molar-refractivity contribution is -0.154. The molecule has 1 amide bonds. The first-order chi connectivity index (χ1) is 10.3. The van der Waals surface area contributed by atoms with E-state index in [1.165, 1.54) is 12.8 Å². The summed E-state index contributed by atoms with van der Waals surface area (Å²) in [6, 6.07) is -0.659. The van der Waals surface area contributed by atoms with Crippen molar-refractivity contribution in [1.29, 1.82) is 0 Å². The Morgan fingerprint density at radius 2 is 2.00 bits per heavy atom. The molecule has 1 unspecified atom stereocenters. The van der Waals surface area contributed by atoms with E-state index < -0.39 is 17.7 Å². The van der Waals surface area contributed by atoms with Gasteiger partial charge >= 0.3 is 12.1 Å². The van der Waals surface area contributed by atoms with E-state index in [9.17, 15) is 9.59 Å². The quantitative estimate of drug-likeness (QED) is 0.590. The summed E-state index contributed by atoms with van der Waals surface area (Å²) >= 11 is 3.32. The van der Waals surface area contributed by atoms with Crippen LogP contribution in [0, 0.1) is 11.8 Å². The van der Waals surface area contributed by atoms with Crippen LogP contribution in [0.25, 0.3) is 0 Å². The van der Waals surface area contributed by atoms with Gasteiger partial charge in [-0.25, -0.2) is 9.59 Å². The van der Waals surface area contributed by atoms with Gasteiger partial charge in [-0.05, 0) is 64.7 Å². The molecule has 2 saturated carbocycles. The van der Waals surface area contributed by atoms with Crippen LogP contribution < -0.4 is 5.32 Å². The highest BCUT2D eigenvalue weighted by Crippen LogP contribution is 2.45. The Morgan fingerprint density at radius 1 is 1.27 bits per heavy atom. The number of alkyl carbamates (subject to hydrolysis) is 1. The second kappa shape index (κ2) is 7.20. The van der Waals surface area contributed by atoms with Crippen LogP contribution in [0.15, 0.2) is 0 Å². The summed E-state index contributed by atoms with van der Waals surface area (Å²) < 4.78 is 10.9. The fourth-order valence-electron chi connectivity index (χ4n) is 3.37. The molecule has 0 aromatic carbocycles. The number of nitrogens with one attached hydrogen (secondary N) is 1. The van der Waals surface area contributed by atoms with Crippen molar-refractivity contribution >= 4 is 28.0 Å². The van der Waals surface area contributed by atoms with Crippen molar-refractivity contribution in [2.75, 3.05) is 5.33 Å². The molecule has 0 aliphatic heterocycles. The van der Waals surface area contributed by atoms with Crippen LogP contribution in [0.2, 0.25) is 0 Å². The zero-order chi connectivity index (χ0) is 16.3. The molecule has 0 radical (unpaired) electrons. The van der Waals surface area contributed by atoms with E-state index in [1.807, 2.05) is 0 Å². The molecule has 0 aromatic heterocycles. The molecule has 4 atom stereocenters. The lowest BCUT2D eigenvalue weighted by Gasteiger charge is -2.26. The molecule has 2 bridgehead atoms. The summed E-state index contributed by atoms with van der Waals surface area (Å²) in [5.41, 5.74) is -0.586. The van der Waals surface area contributed by atoms with Gasteiger partial charge in [-0.3, -0.25) is 0 Å². The molecule has 2 fully saturated rings. The third-order valence-corrected chi connectivity index (χ3v) is 4.77. The molecule has 5 nitrogen and oxygen atoms in total. The molecule has 2 aliphatic carbocycles. The van der Waals surface area contributed by atoms with Gasteiger partial charge in [0.05, 0.1) is 0 Å². The molecule has 0 heterocycles. The molecule has 2 rings (SSSR count). The number of fused-ring (bicyclic) bond motifs is 2. The molecule has 126 valence electrons. The van der Waals surface area contributed by atoms with Crippen molar-refractivity contribution in [2.24, 2.45) is 11.8 Å². The molecule has 6 heteroatoms. The monoisotopic (exact) mass is 375 g/mol. The molecule has 0 spiro atoms. The lowest BCUT2D eigenvalue weighted by Crippen LogP contribution is -2.45. The first-order valence-corrected chi connectivity index (χ1v) is 9.16. The summed E-state index contributed by atoms with van der Waals surface area (Å²) in [6.45, 7) is 5.37. The maximum Gasteiger partial charge on any atom is 0.408 e. The zero-order valence-electron chi connectivity index (χ0n) is 13.6. The average molecular weight is 376 g/mol. The summed E-state index contributed by atoms with van der Waals surface area (Å²) in [5, 5.41) is 3.24. The Kier molecular flexibility index (Phi) is 5.75. The van der Waals surface area contributed by atoms with Gasteiger partial charge in [0, 0.05) is 5.33 Å². The maximum atomic E-state index is 12.4. The topological polar surface area (TPSA) is 64.6 Å². The highest BCUT2D eigenvalue weighted by molar-refractivity contribution is 9.09. The number of alkyl halides is 1. The van der Waals surface area contributed by atoms with Crippen LogP contribution >= 0.6 is 15.9 Å². The fraction of sp³-hybridized carbons (Fsp3) is 0.875.